The Hall–Kier alpha value is -1.48. The van der Waals surface area contributed by atoms with Crippen LogP contribution in [0.1, 0.15) is 19.3 Å². The van der Waals surface area contributed by atoms with E-state index in [1.807, 2.05) is 6.26 Å². The van der Waals surface area contributed by atoms with Gasteiger partial charge in [0.25, 0.3) is 0 Å². The molecular formula is C11H22N4O4S. The lowest BCUT2D eigenvalue weighted by atomic mass is 10.1. The largest absolute Gasteiger partial charge is 0.480 e. The third-order valence-electron chi connectivity index (χ3n) is 2.55. The lowest BCUT2D eigenvalue weighted by Crippen LogP contribution is -2.48. The van der Waals surface area contributed by atoms with Crippen LogP contribution in [-0.2, 0) is 9.59 Å². The van der Waals surface area contributed by atoms with Gasteiger partial charge in [0.2, 0.25) is 5.91 Å². The zero-order chi connectivity index (χ0) is 15.5. The SMILES string of the molecule is CSCC[C@H](NC(=O)[C@@H](N)CCCNC(N)=O)C(=O)O. The predicted molar refractivity (Wildman–Crippen MR) is 77.4 cm³/mol. The summed E-state index contributed by atoms with van der Waals surface area (Å²) >= 11 is 1.50. The van der Waals surface area contributed by atoms with Crippen LogP contribution in [0.15, 0.2) is 0 Å². The van der Waals surface area contributed by atoms with Gasteiger partial charge in [-0.1, -0.05) is 0 Å². The number of rotatable bonds is 10. The summed E-state index contributed by atoms with van der Waals surface area (Å²) in [4.78, 5) is 33.1. The van der Waals surface area contributed by atoms with Gasteiger partial charge in [-0.2, -0.15) is 11.8 Å². The molecule has 0 aliphatic heterocycles. The number of aliphatic carboxylic acids is 1. The molecule has 0 aromatic carbocycles. The molecule has 0 saturated carbocycles. The van der Waals surface area contributed by atoms with Crippen LogP contribution >= 0.6 is 11.8 Å². The van der Waals surface area contributed by atoms with E-state index < -0.39 is 30.0 Å². The second kappa shape index (κ2) is 10.3. The molecule has 0 aromatic heterocycles. The highest BCUT2D eigenvalue weighted by atomic mass is 32.2. The van der Waals surface area contributed by atoms with Crippen molar-refractivity contribution in [1.82, 2.24) is 10.6 Å². The summed E-state index contributed by atoms with van der Waals surface area (Å²) in [6.45, 7) is 0.325. The fourth-order valence-corrected chi connectivity index (χ4v) is 1.91. The van der Waals surface area contributed by atoms with E-state index >= 15 is 0 Å². The third-order valence-corrected chi connectivity index (χ3v) is 3.20. The first-order valence-electron chi connectivity index (χ1n) is 6.19. The normalized spacial score (nSPS) is 13.3. The van der Waals surface area contributed by atoms with Gasteiger partial charge in [0.05, 0.1) is 6.04 Å². The van der Waals surface area contributed by atoms with Crippen molar-refractivity contribution in [2.45, 2.75) is 31.3 Å². The van der Waals surface area contributed by atoms with E-state index in [0.29, 0.717) is 31.6 Å². The Labute approximate surface area is 122 Å². The molecule has 7 N–H and O–H groups in total. The predicted octanol–water partition coefficient (Wildman–Crippen LogP) is -0.915. The molecule has 0 saturated heterocycles. The molecule has 2 atom stereocenters. The Morgan fingerprint density at radius 2 is 1.95 bits per heavy atom. The number of carboxylic acids is 1. The van der Waals surface area contributed by atoms with Crippen molar-refractivity contribution in [2.24, 2.45) is 11.5 Å². The van der Waals surface area contributed by atoms with Gasteiger partial charge >= 0.3 is 12.0 Å². The second-order valence-electron chi connectivity index (χ2n) is 4.22. The first-order valence-corrected chi connectivity index (χ1v) is 7.58. The molecule has 0 fully saturated rings. The molecule has 9 heteroatoms. The zero-order valence-corrected chi connectivity index (χ0v) is 12.2. The van der Waals surface area contributed by atoms with Gasteiger partial charge in [-0.25, -0.2) is 9.59 Å². The van der Waals surface area contributed by atoms with Gasteiger partial charge in [0, 0.05) is 6.54 Å². The minimum absolute atomic E-state index is 0.325. The van der Waals surface area contributed by atoms with Crippen molar-refractivity contribution >= 4 is 29.7 Å². The fourth-order valence-electron chi connectivity index (χ4n) is 1.44. The topological polar surface area (TPSA) is 148 Å². The number of primary amides is 1. The van der Waals surface area contributed by atoms with Crippen LogP contribution in [-0.4, -0.2) is 53.7 Å². The van der Waals surface area contributed by atoms with Gasteiger partial charge < -0.3 is 27.2 Å². The van der Waals surface area contributed by atoms with Crippen molar-refractivity contribution in [3.05, 3.63) is 0 Å². The number of carboxylic acid groups (broad SMARTS) is 1. The Balaban J connectivity index is 4.08. The van der Waals surface area contributed by atoms with E-state index in [4.69, 9.17) is 16.6 Å². The summed E-state index contributed by atoms with van der Waals surface area (Å²) < 4.78 is 0. The highest BCUT2D eigenvalue weighted by Gasteiger charge is 2.22. The highest BCUT2D eigenvalue weighted by molar-refractivity contribution is 7.98. The summed E-state index contributed by atoms with van der Waals surface area (Å²) in [5, 5.41) is 13.8. The molecule has 0 rings (SSSR count). The van der Waals surface area contributed by atoms with E-state index in [-0.39, 0.29) is 0 Å². The molecule has 0 heterocycles. The zero-order valence-electron chi connectivity index (χ0n) is 11.4. The van der Waals surface area contributed by atoms with Gasteiger partial charge in [-0.3, -0.25) is 4.79 Å². The molecule has 20 heavy (non-hydrogen) atoms. The fraction of sp³-hybridized carbons (Fsp3) is 0.727. The number of hydrogen-bond acceptors (Lipinski definition) is 5. The molecule has 3 amide bonds. The Bertz CT molecular complexity index is 340. The molecule has 8 nitrogen and oxygen atoms in total. The molecule has 0 radical (unpaired) electrons. The van der Waals surface area contributed by atoms with Crippen molar-refractivity contribution in [2.75, 3.05) is 18.6 Å². The number of urea groups is 1. The monoisotopic (exact) mass is 306 g/mol. The van der Waals surface area contributed by atoms with Crippen LogP contribution in [0.2, 0.25) is 0 Å². The van der Waals surface area contributed by atoms with Gasteiger partial charge in [-0.05, 0) is 31.3 Å². The van der Waals surface area contributed by atoms with E-state index in [9.17, 15) is 14.4 Å². The average molecular weight is 306 g/mol. The number of nitrogens with two attached hydrogens (primary N) is 2. The summed E-state index contributed by atoms with van der Waals surface area (Å²) in [6, 6.07) is -2.36. The van der Waals surface area contributed by atoms with E-state index in [0.717, 1.165) is 0 Å². The first kappa shape index (κ1) is 18.5. The molecular weight excluding hydrogens is 284 g/mol. The van der Waals surface area contributed by atoms with Crippen molar-refractivity contribution in [1.29, 1.82) is 0 Å². The summed E-state index contributed by atoms with van der Waals surface area (Å²) in [5.74, 6) is -0.942. The summed E-state index contributed by atoms with van der Waals surface area (Å²) in [7, 11) is 0. The molecule has 0 bridgehead atoms. The molecule has 0 aliphatic carbocycles. The summed E-state index contributed by atoms with van der Waals surface area (Å²) in [5.41, 5.74) is 10.5. The maximum Gasteiger partial charge on any atom is 0.326 e. The lowest BCUT2D eigenvalue weighted by Gasteiger charge is -2.17. The number of hydrogen-bond donors (Lipinski definition) is 5. The van der Waals surface area contributed by atoms with Crippen molar-refractivity contribution in [3.63, 3.8) is 0 Å². The van der Waals surface area contributed by atoms with E-state index in [2.05, 4.69) is 10.6 Å². The van der Waals surface area contributed by atoms with Crippen LogP contribution in [0.4, 0.5) is 4.79 Å². The highest BCUT2D eigenvalue weighted by Crippen LogP contribution is 2.02. The van der Waals surface area contributed by atoms with Crippen molar-refractivity contribution < 1.29 is 19.5 Å². The molecule has 116 valence electrons. The smallest absolute Gasteiger partial charge is 0.326 e. The molecule has 0 aliphatic rings. The van der Waals surface area contributed by atoms with Crippen LogP contribution in [0.3, 0.4) is 0 Å². The van der Waals surface area contributed by atoms with Gasteiger partial charge in [0.1, 0.15) is 6.04 Å². The van der Waals surface area contributed by atoms with Crippen LogP contribution in [0, 0.1) is 0 Å². The molecule has 0 spiro atoms. The van der Waals surface area contributed by atoms with Gasteiger partial charge in [-0.15, -0.1) is 0 Å². The average Bonchev–Trinajstić information content (AvgIpc) is 2.38. The first-order chi connectivity index (χ1) is 9.38. The van der Waals surface area contributed by atoms with Crippen LogP contribution < -0.4 is 22.1 Å². The minimum atomic E-state index is -1.07. The van der Waals surface area contributed by atoms with Crippen molar-refractivity contribution in [3.8, 4) is 0 Å². The molecule has 0 unspecified atom stereocenters. The number of carbonyl (C=O) groups is 3. The van der Waals surface area contributed by atoms with Crippen LogP contribution in [0.5, 0.6) is 0 Å². The van der Waals surface area contributed by atoms with Crippen LogP contribution in [0.25, 0.3) is 0 Å². The van der Waals surface area contributed by atoms with Gasteiger partial charge in [0.15, 0.2) is 0 Å². The number of carbonyl (C=O) groups excluding carboxylic acids is 2. The lowest BCUT2D eigenvalue weighted by molar-refractivity contribution is -0.142. The maximum atomic E-state index is 11.7. The Morgan fingerprint density at radius 3 is 2.45 bits per heavy atom. The maximum absolute atomic E-state index is 11.7. The summed E-state index contributed by atoms with van der Waals surface area (Å²) in [6.07, 6.45) is 3.03. The molecule has 0 aromatic rings. The number of thioether (sulfide) groups is 1. The Morgan fingerprint density at radius 1 is 1.30 bits per heavy atom. The number of amides is 3. The Kier molecular flexibility index (Phi) is 9.56. The van der Waals surface area contributed by atoms with E-state index in [1.165, 1.54) is 11.8 Å². The standard InChI is InChI=1S/C11H22N4O4S/c1-20-6-4-8(10(17)18)15-9(16)7(12)3-2-5-14-11(13)19/h7-8H,2-6,12H2,1H3,(H,15,16)(H,17,18)(H3,13,14,19)/t7-,8-/m0/s1. The van der Waals surface area contributed by atoms with E-state index in [1.54, 1.807) is 0 Å². The number of nitrogens with one attached hydrogen (secondary N) is 2. The minimum Gasteiger partial charge on any atom is -0.480 e. The quantitative estimate of drug-likeness (QED) is 0.330. The second-order valence-corrected chi connectivity index (χ2v) is 5.21. The third kappa shape index (κ3) is 8.59.